The molecule has 0 aromatic heterocycles. The van der Waals surface area contributed by atoms with Crippen molar-refractivity contribution in [3.63, 3.8) is 0 Å². The molecule has 9 heavy (non-hydrogen) atoms. The minimum Gasteiger partial charge on any atom is -0.269 e. The molecule has 1 unspecified atom stereocenters. The molecule has 5 heteroatoms. The molecule has 0 aliphatic carbocycles. The molecule has 3 nitrogen and oxygen atoms in total. The van der Waals surface area contributed by atoms with Crippen LogP contribution in [0.3, 0.4) is 0 Å². The third kappa shape index (κ3) is 1.69. The fourth-order valence-electron chi connectivity index (χ4n) is 0.375. The van der Waals surface area contributed by atoms with Gasteiger partial charge in [0, 0.05) is 0 Å². The summed E-state index contributed by atoms with van der Waals surface area (Å²) in [6.07, 6.45) is 1.38. The van der Waals surface area contributed by atoms with Crippen LogP contribution in [0, 0.1) is 0 Å². The van der Waals surface area contributed by atoms with Crippen LogP contribution in [0.25, 0.3) is 0 Å². The van der Waals surface area contributed by atoms with Crippen LogP contribution in [-0.2, 0) is 4.79 Å². The fraction of sp³-hybridized carbons (Fsp3) is 0.250. The fourth-order valence-corrected chi connectivity index (χ4v) is 1.30. The van der Waals surface area contributed by atoms with Crippen molar-refractivity contribution in [2.75, 3.05) is 0 Å². The van der Waals surface area contributed by atoms with Gasteiger partial charge in [0.2, 0.25) is 0 Å². The van der Waals surface area contributed by atoms with E-state index >= 15 is 0 Å². The number of carbonyl (C=O) groups excluding carboxylic acids is 1. The average molecular weight is 254 g/mol. The van der Waals surface area contributed by atoms with E-state index in [1.807, 2.05) is 0 Å². The molecule has 0 aromatic carbocycles. The first kappa shape index (κ1) is 7.08. The van der Waals surface area contributed by atoms with Crippen LogP contribution in [0.5, 0.6) is 0 Å². The van der Waals surface area contributed by atoms with Crippen molar-refractivity contribution in [2.45, 2.75) is 4.95 Å². The topological polar surface area (TPSA) is 41.8 Å². The summed E-state index contributed by atoms with van der Waals surface area (Å²) in [5.74, 6) is -0.266. The molecule has 48 valence electrons. The summed E-state index contributed by atoms with van der Waals surface area (Å²) in [5, 5.41) is 0. The number of alkyl halides is 1. The molecule has 0 radical (unpaired) electrons. The van der Waals surface area contributed by atoms with Crippen LogP contribution in [0.15, 0.2) is 9.98 Å². The number of rotatable bonds is 0. The van der Waals surface area contributed by atoms with Gasteiger partial charge in [-0.3, -0.25) is 9.79 Å². The summed E-state index contributed by atoms with van der Waals surface area (Å²) in [6, 6.07) is 0. The van der Waals surface area contributed by atoms with Crippen LogP contribution >= 0.6 is 31.9 Å². The molecule has 0 spiro atoms. The summed E-state index contributed by atoms with van der Waals surface area (Å²) >= 11 is 6.09. The number of carbonyl (C=O) groups is 1. The van der Waals surface area contributed by atoms with Gasteiger partial charge in [0.05, 0.1) is 6.21 Å². The third-order valence-corrected chi connectivity index (χ3v) is 1.74. The van der Waals surface area contributed by atoms with Crippen molar-refractivity contribution in [1.82, 2.24) is 0 Å². The Morgan fingerprint density at radius 2 is 2.33 bits per heavy atom. The number of halogens is 2. The predicted molar refractivity (Wildman–Crippen MR) is 42.6 cm³/mol. The zero-order valence-corrected chi connectivity index (χ0v) is 7.39. The Balaban J connectivity index is 2.82. The van der Waals surface area contributed by atoms with Gasteiger partial charge in [-0.1, -0.05) is 15.9 Å². The van der Waals surface area contributed by atoms with Crippen LogP contribution < -0.4 is 0 Å². The highest BCUT2D eigenvalue weighted by atomic mass is 79.9. The molecule has 1 amide bonds. The summed E-state index contributed by atoms with van der Waals surface area (Å²) in [4.78, 5) is 17.4. The van der Waals surface area contributed by atoms with Crippen molar-refractivity contribution in [3.05, 3.63) is 0 Å². The van der Waals surface area contributed by atoms with Crippen molar-refractivity contribution in [3.8, 4) is 0 Å². The Kier molecular flexibility index (Phi) is 2.13. The van der Waals surface area contributed by atoms with E-state index < -0.39 is 4.95 Å². The largest absolute Gasteiger partial charge is 0.281 e. The maximum atomic E-state index is 10.6. The van der Waals surface area contributed by atoms with Crippen molar-refractivity contribution < 1.29 is 4.79 Å². The quantitative estimate of drug-likeness (QED) is 0.471. The number of hydrogen-bond donors (Lipinski definition) is 0. The van der Waals surface area contributed by atoms with E-state index in [4.69, 9.17) is 0 Å². The standard InChI is InChI=1S/C4H2Br2N2O/c5-2-1-7-4(9)3(6)8-2/h1,3H. The van der Waals surface area contributed by atoms with Gasteiger partial charge in [-0.05, 0) is 15.9 Å². The lowest BCUT2D eigenvalue weighted by Gasteiger charge is -2.02. The molecule has 1 aliphatic heterocycles. The second-order valence-electron chi connectivity index (χ2n) is 1.38. The molecule has 0 bridgehead atoms. The molecule has 1 aliphatic rings. The van der Waals surface area contributed by atoms with Gasteiger partial charge in [-0.2, -0.15) is 0 Å². The van der Waals surface area contributed by atoms with Crippen LogP contribution in [0.1, 0.15) is 0 Å². The Labute approximate surface area is 68.5 Å². The highest BCUT2D eigenvalue weighted by Gasteiger charge is 2.15. The van der Waals surface area contributed by atoms with E-state index in [1.54, 1.807) is 0 Å². The monoisotopic (exact) mass is 252 g/mol. The minimum absolute atomic E-state index is 0.266. The number of nitrogens with zero attached hydrogens (tertiary/aromatic N) is 2. The first-order chi connectivity index (χ1) is 4.20. The van der Waals surface area contributed by atoms with Gasteiger partial charge < -0.3 is 0 Å². The Bertz CT molecular complexity index is 199. The highest BCUT2D eigenvalue weighted by molar-refractivity contribution is 9.19. The second kappa shape index (κ2) is 2.70. The lowest BCUT2D eigenvalue weighted by molar-refractivity contribution is -0.117. The van der Waals surface area contributed by atoms with E-state index in [0.717, 1.165) is 0 Å². The SMILES string of the molecule is O=C1N=CC(Br)=NC1Br. The van der Waals surface area contributed by atoms with Gasteiger partial charge >= 0.3 is 0 Å². The highest BCUT2D eigenvalue weighted by Crippen LogP contribution is 2.09. The van der Waals surface area contributed by atoms with Gasteiger partial charge in [0.1, 0.15) is 4.62 Å². The van der Waals surface area contributed by atoms with Gasteiger partial charge in [0.15, 0.2) is 4.95 Å². The first-order valence-corrected chi connectivity index (χ1v) is 3.86. The molecule has 0 saturated heterocycles. The smallest absolute Gasteiger partial charge is 0.269 e. The zero-order valence-electron chi connectivity index (χ0n) is 4.21. The molecular weight excluding hydrogens is 252 g/mol. The first-order valence-electron chi connectivity index (χ1n) is 2.15. The van der Waals surface area contributed by atoms with Gasteiger partial charge in [0.25, 0.3) is 5.91 Å². The Morgan fingerprint density at radius 1 is 1.67 bits per heavy atom. The normalized spacial score (nSPS) is 26.2. The summed E-state index contributed by atoms with van der Waals surface area (Å²) in [6.45, 7) is 0. The molecular formula is C4H2Br2N2O. The third-order valence-electron chi connectivity index (χ3n) is 0.739. The minimum atomic E-state index is -0.503. The Hall–Kier alpha value is -0.0300. The molecule has 1 rings (SSSR count). The lowest BCUT2D eigenvalue weighted by Crippen LogP contribution is -2.15. The summed E-state index contributed by atoms with van der Waals surface area (Å²) < 4.78 is 0.587. The van der Waals surface area contributed by atoms with E-state index in [0.29, 0.717) is 4.62 Å². The van der Waals surface area contributed by atoms with Crippen LogP contribution in [0.2, 0.25) is 0 Å². The van der Waals surface area contributed by atoms with Crippen LogP contribution in [0.4, 0.5) is 0 Å². The van der Waals surface area contributed by atoms with E-state index in [2.05, 4.69) is 41.8 Å². The van der Waals surface area contributed by atoms with Gasteiger partial charge in [-0.25, -0.2) is 4.99 Å². The maximum absolute atomic E-state index is 10.6. The zero-order chi connectivity index (χ0) is 6.85. The van der Waals surface area contributed by atoms with E-state index in [1.165, 1.54) is 6.21 Å². The van der Waals surface area contributed by atoms with E-state index in [-0.39, 0.29) is 5.91 Å². The van der Waals surface area contributed by atoms with Crippen molar-refractivity contribution in [1.29, 1.82) is 0 Å². The lowest BCUT2D eigenvalue weighted by atomic mass is 10.5. The number of amides is 1. The molecule has 0 aromatic rings. The molecule has 1 heterocycles. The molecule has 0 fully saturated rings. The molecule has 0 N–H and O–H groups in total. The summed E-state index contributed by atoms with van der Waals surface area (Å²) in [7, 11) is 0. The van der Waals surface area contributed by atoms with Crippen molar-refractivity contribution in [2.24, 2.45) is 9.98 Å². The second-order valence-corrected chi connectivity index (χ2v) is 3.06. The number of hydrogen-bond acceptors (Lipinski definition) is 2. The van der Waals surface area contributed by atoms with Gasteiger partial charge in [-0.15, -0.1) is 0 Å². The molecule has 1 atom stereocenters. The van der Waals surface area contributed by atoms with Crippen LogP contribution in [-0.4, -0.2) is 21.7 Å². The van der Waals surface area contributed by atoms with E-state index in [9.17, 15) is 4.79 Å². The predicted octanol–water partition coefficient (Wildman–Crippen LogP) is 1.11. The maximum Gasteiger partial charge on any atom is 0.281 e. The average Bonchev–Trinajstić information content (AvgIpc) is 1.80. The van der Waals surface area contributed by atoms with Crippen molar-refractivity contribution >= 4 is 48.6 Å². The summed E-state index contributed by atoms with van der Waals surface area (Å²) in [5.41, 5.74) is 0. The Morgan fingerprint density at radius 3 is 2.78 bits per heavy atom. The molecule has 0 saturated carbocycles. The number of aliphatic imine (C=N–C) groups is 2.